The summed E-state index contributed by atoms with van der Waals surface area (Å²) in [4.78, 5) is 15.1. The molecule has 3 fully saturated rings. The smallest absolute Gasteiger partial charge is 0.237 e. The van der Waals surface area contributed by atoms with E-state index in [9.17, 15) is 4.79 Å². The van der Waals surface area contributed by atoms with Gasteiger partial charge in [0.05, 0.1) is 6.04 Å². The van der Waals surface area contributed by atoms with E-state index in [1.54, 1.807) is 0 Å². The Bertz CT molecular complexity index is 345. The van der Waals surface area contributed by atoms with Gasteiger partial charge in [0.25, 0.3) is 0 Å². The third kappa shape index (κ3) is 3.74. The molecule has 2 saturated heterocycles. The molecular formula is C16H29N3OS. The van der Waals surface area contributed by atoms with Gasteiger partial charge in [-0.1, -0.05) is 19.3 Å². The van der Waals surface area contributed by atoms with E-state index in [1.807, 2.05) is 0 Å². The second kappa shape index (κ2) is 7.34. The molecule has 2 aliphatic heterocycles. The highest BCUT2D eigenvalue weighted by Crippen LogP contribution is 2.36. The van der Waals surface area contributed by atoms with Gasteiger partial charge in [-0.25, -0.2) is 0 Å². The first-order valence-electron chi connectivity index (χ1n) is 8.64. The molecule has 0 bridgehead atoms. The fraction of sp³-hybridized carbons (Fsp3) is 0.938. The number of amides is 1. The molecule has 21 heavy (non-hydrogen) atoms. The van der Waals surface area contributed by atoms with Crippen LogP contribution in [0.3, 0.4) is 0 Å². The summed E-state index contributed by atoms with van der Waals surface area (Å²) in [5.74, 6) is 2.73. The summed E-state index contributed by atoms with van der Waals surface area (Å²) in [6.45, 7) is 4.24. The van der Waals surface area contributed by atoms with Gasteiger partial charge in [-0.15, -0.1) is 0 Å². The van der Waals surface area contributed by atoms with Crippen LogP contribution in [-0.4, -0.2) is 60.1 Å². The van der Waals surface area contributed by atoms with Crippen molar-refractivity contribution in [3.8, 4) is 0 Å². The lowest BCUT2D eigenvalue weighted by Gasteiger charge is -2.43. The van der Waals surface area contributed by atoms with E-state index in [0.717, 1.165) is 19.5 Å². The van der Waals surface area contributed by atoms with Crippen LogP contribution in [-0.2, 0) is 4.79 Å². The minimum Gasteiger partial charge on any atom is -0.353 e. The van der Waals surface area contributed by atoms with E-state index in [2.05, 4.69) is 27.3 Å². The second-order valence-corrected chi connectivity index (χ2v) is 7.98. The SMILES string of the molecule is O=C(NCC1(N2CCSCC2)CCCC1)[C@H]1CCCCN1. The number of nitrogens with one attached hydrogen (secondary N) is 2. The maximum Gasteiger partial charge on any atom is 0.237 e. The Morgan fingerprint density at radius 3 is 2.62 bits per heavy atom. The minimum absolute atomic E-state index is 0.0501. The fourth-order valence-electron chi connectivity index (χ4n) is 4.13. The zero-order chi connectivity index (χ0) is 14.5. The second-order valence-electron chi connectivity index (χ2n) is 6.75. The van der Waals surface area contributed by atoms with Crippen molar-refractivity contribution in [2.75, 3.05) is 37.7 Å². The maximum atomic E-state index is 12.4. The zero-order valence-corrected chi connectivity index (χ0v) is 13.8. The molecule has 2 heterocycles. The van der Waals surface area contributed by atoms with Crippen molar-refractivity contribution in [3.63, 3.8) is 0 Å². The molecule has 0 radical (unpaired) electrons. The van der Waals surface area contributed by atoms with Gasteiger partial charge < -0.3 is 10.6 Å². The van der Waals surface area contributed by atoms with E-state index >= 15 is 0 Å². The summed E-state index contributed by atoms with van der Waals surface area (Å²) in [6, 6.07) is 0.0501. The van der Waals surface area contributed by atoms with Crippen molar-refractivity contribution in [3.05, 3.63) is 0 Å². The lowest BCUT2D eigenvalue weighted by atomic mass is 9.94. The predicted molar refractivity (Wildman–Crippen MR) is 88.7 cm³/mol. The van der Waals surface area contributed by atoms with E-state index in [1.165, 1.54) is 63.1 Å². The third-order valence-electron chi connectivity index (χ3n) is 5.43. The molecule has 3 aliphatic rings. The molecule has 4 nitrogen and oxygen atoms in total. The van der Waals surface area contributed by atoms with Gasteiger partial charge in [0.15, 0.2) is 0 Å². The summed E-state index contributed by atoms with van der Waals surface area (Å²) in [5.41, 5.74) is 0.255. The Kier molecular flexibility index (Phi) is 5.46. The normalized spacial score (nSPS) is 30.2. The van der Waals surface area contributed by atoms with E-state index < -0.39 is 0 Å². The van der Waals surface area contributed by atoms with Crippen molar-refractivity contribution in [2.45, 2.75) is 56.5 Å². The van der Waals surface area contributed by atoms with Crippen LogP contribution in [0.25, 0.3) is 0 Å². The standard InChI is InChI=1S/C16H29N3OS/c20-15(14-5-1-4-8-17-14)18-13-16(6-2-3-7-16)19-9-11-21-12-10-19/h14,17H,1-13H2,(H,18,20)/t14-/m1/s1. The van der Waals surface area contributed by atoms with Crippen LogP contribution in [0, 0.1) is 0 Å². The van der Waals surface area contributed by atoms with E-state index in [4.69, 9.17) is 0 Å². The zero-order valence-electron chi connectivity index (χ0n) is 13.0. The first-order chi connectivity index (χ1) is 10.3. The van der Waals surface area contributed by atoms with Crippen LogP contribution in [0.1, 0.15) is 44.9 Å². The molecule has 5 heteroatoms. The van der Waals surface area contributed by atoms with Crippen LogP contribution >= 0.6 is 11.8 Å². The van der Waals surface area contributed by atoms with Crippen LogP contribution in [0.5, 0.6) is 0 Å². The molecule has 2 N–H and O–H groups in total. The van der Waals surface area contributed by atoms with Crippen molar-refractivity contribution in [2.24, 2.45) is 0 Å². The van der Waals surface area contributed by atoms with Crippen LogP contribution in [0.15, 0.2) is 0 Å². The van der Waals surface area contributed by atoms with Gasteiger partial charge in [-0.3, -0.25) is 9.69 Å². The Labute approximate surface area is 132 Å². The summed E-state index contributed by atoms with van der Waals surface area (Å²) in [5, 5.41) is 6.64. The predicted octanol–water partition coefficient (Wildman–Crippen LogP) is 1.61. The molecule has 1 amide bonds. The Morgan fingerprint density at radius 2 is 1.95 bits per heavy atom. The van der Waals surface area contributed by atoms with Crippen molar-refractivity contribution in [1.29, 1.82) is 0 Å². The average Bonchev–Trinajstić information content (AvgIpc) is 3.04. The summed E-state index contributed by atoms with van der Waals surface area (Å²) < 4.78 is 0. The number of piperidine rings is 1. The monoisotopic (exact) mass is 311 g/mol. The summed E-state index contributed by atoms with van der Waals surface area (Å²) in [6.07, 6.45) is 8.55. The molecule has 1 saturated carbocycles. The maximum absolute atomic E-state index is 12.4. The Hall–Kier alpha value is -0.260. The molecule has 0 unspecified atom stereocenters. The van der Waals surface area contributed by atoms with Crippen molar-refractivity contribution >= 4 is 17.7 Å². The topological polar surface area (TPSA) is 44.4 Å². The number of carbonyl (C=O) groups excluding carboxylic acids is 1. The van der Waals surface area contributed by atoms with Gasteiger partial charge in [0.2, 0.25) is 5.91 Å². The number of nitrogens with zero attached hydrogens (tertiary/aromatic N) is 1. The Morgan fingerprint density at radius 1 is 1.19 bits per heavy atom. The summed E-state index contributed by atoms with van der Waals surface area (Å²) >= 11 is 2.06. The number of hydrogen-bond donors (Lipinski definition) is 2. The molecule has 1 aliphatic carbocycles. The van der Waals surface area contributed by atoms with Gasteiger partial charge in [0, 0.05) is 36.7 Å². The number of carbonyl (C=O) groups is 1. The Balaban J connectivity index is 1.56. The van der Waals surface area contributed by atoms with Gasteiger partial charge in [-0.05, 0) is 32.2 Å². The van der Waals surface area contributed by atoms with E-state index in [-0.39, 0.29) is 17.5 Å². The minimum atomic E-state index is 0.0501. The molecular weight excluding hydrogens is 282 g/mol. The lowest BCUT2D eigenvalue weighted by Crippen LogP contribution is -2.58. The molecule has 120 valence electrons. The van der Waals surface area contributed by atoms with Gasteiger partial charge >= 0.3 is 0 Å². The number of rotatable bonds is 4. The molecule has 3 rings (SSSR count). The molecule has 1 atom stereocenters. The first-order valence-corrected chi connectivity index (χ1v) is 9.80. The van der Waals surface area contributed by atoms with Crippen LogP contribution in [0.2, 0.25) is 0 Å². The highest BCUT2D eigenvalue weighted by molar-refractivity contribution is 7.99. The highest BCUT2D eigenvalue weighted by Gasteiger charge is 2.40. The largest absolute Gasteiger partial charge is 0.353 e. The van der Waals surface area contributed by atoms with Crippen molar-refractivity contribution < 1.29 is 4.79 Å². The van der Waals surface area contributed by atoms with Gasteiger partial charge in [0.1, 0.15) is 0 Å². The number of hydrogen-bond acceptors (Lipinski definition) is 4. The first kappa shape index (κ1) is 15.6. The lowest BCUT2D eigenvalue weighted by molar-refractivity contribution is -0.124. The molecule has 0 spiro atoms. The quantitative estimate of drug-likeness (QED) is 0.828. The van der Waals surface area contributed by atoms with Crippen LogP contribution in [0.4, 0.5) is 0 Å². The molecule has 0 aromatic carbocycles. The van der Waals surface area contributed by atoms with Crippen molar-refractivity contribution in [1.82, 2.24) is 15.5 Å². The molecule has 0 aromatic rings. The fourth-order valence-corrected chi connectivity index (χ4v) is 5.03. The summed E-state index contributed by atoms with van der Waals surface area (Å²) in [7, 11) is 0. The molecule has 0 aromatic heterocycles. The highest BCUT2D eigenvalue weighted by atomic mass is 32.2. The van der Waals surface area contributed by atoms with E-state index in [0.29, 0.717) is 0 Å². The van der Waals surface area contributed by atoms with Crippen LogP contribution < -0.4 is 10.6 Å². The average molecular weight is 311 g/mol. The van der Waals surface area contributed by atoms with Gasteiger partial charge in [-0.2, -0.15) is 11.8 Å². The number of thioether (sulfide) groups is 1. The third-order valence-corrected chi connectivity index (χ3v) is 6.38.